The maximum absolute atomic E-state index is 14.3. The molecule has 36 atom stereocenters. The fourth-order valence-corrected chi connectivity index (χ4v) is 18.3. The standard InChI is InChI=1S/C90H152O28/c1-51-25-31-69(115-89-87(107-17)85(105-15)77(95)49-109-89)43-63-21-19-23-65(113-63)45-73(103-13)40-62(92)42-76(94)58(8)84(60(10)82(100)54(4)30-34-68-48-72(102-12)38-56(6)112-68)118-80(98)36-28-52(2)26-32-70(116-90-88(108-18)86(106-16)78(96)50-110-90)44-64-22-20-24-66(114-64)46-74(104-14)39-61(91)41-75(93)57(7)83(117-79(97)35-27-51)59(9)81(99)53(3)29-33-67-47-71(101-11)37-55(5)111-67/h19-22,25-28,35-36,53-78,81-96,99-100H,23-24,29-34,37-50H2,1-18H3/b35-27-,36-28+,51-25+,52-26+/t53-,54-,55-,56-,57-,58-,59-,60-,61+,62+,63-,64-,65-,66-,67-,68-,69-,70-,71+,72+,73+,74+,75+,76+,77-,78-,81-,82-,83-,84-,85+,86+,87+,88+,89+,90+/m0/s1. The summed E-state index contributed by atoms with van der Waals surface area (Å²) >= 11 is 0. The second-order valence-electron chi connectivity index (χ2n) is 35.0. The Kier molecular flexibility index (Phi) is 44.5. The van der Waals surface area contributed by atoms with E-state index in [1.807, 2.05) is 91.8 Å². The third-order valence-electron chi connectivity index (χ3n) is 25.6. The molecule has 0 amide bonds. The lowest BCUT2D eigenvalue weighted by molar-refractivity contribution is -0.293. The molecule has 7 heterocycles. The summed E-state index contributed by atoms with van der Waals surface area (Å²) in [5.74, 6) is -4.93. The molecule has 4 saturated heterocycles. The highest BCUT2D eigenvalue weighted by molar-refractivity contribution is 5.83. The van der Waals surface area contributed by atoms with E-state index in [2.05, 4.69) is 0 Å². The zero-order chi connectivity index (χ0) is 86.4. The van der Waals surface area contributed by atoms with Crippen LogP contribution < -0.4 is 0 Å². The van der Waals surface area contributed by atoms with Crippen molar-refractivity contribution in [2.75, 3.05) is 70.1 Å². The lowest BCUT2D eigenvalue weighted by Crippen LogP contribution is -2.56. The minimum atomic E-state index is -1.21. The van der Waals surface area contributed by atoms with Gasteiger partial charge in [0.2, 0.25) is 0 Å². The summed E-state index contributed by atoms with van der Waals surface area (Å²) in [4.78, 5) is 28.7. The van der Waals surface area contributed by atoms with Gasteiger partial charge in [-0.25, -0.2) is 9.59 Å². The van der Waals surface area contributed by atoms with Gasteiger partial charge in [-0.05, 0) is 142 Å². The number of hydrogen-bond acceptors (Lipinski definition) is 28. The molecule has 7 aliphatic heterocycles. The number of methoxy groups -OCH3 is 8. The molecule has 118 heavy (non-hydrogen) atoms. The number of esters is 2. The van der Waals surface area contributed by atoms with Crippen molar-refractivity contribution in [3.8, 4) is 0 Å². The van der Waals surface area contributed by atoms with Crippen molar-refractivity contribution in [1.29, 1.82) is 0 Å². The van der Waals surface area contributed by atoms with E-state index in [9.17, 15) is 50.4 Å². The van der Waals surface area contributed by atoms with E-state index < -0.39 is 170 Å². The predicted octanol–water partition coefficient (Wildman–Crippen LogP) is 9.16. The average molecular weight is 1680 g/mol. The molecule has 0 unspecified atom stereocenters. The van der Waals surface area contributed by atoms with E-state index in [0.29, 0.717) is 75.4 Å². The van der Waals surface area contributed by atoms with E-state index in [1.54, 1.807) is 54.4 Å². The van der Waals surface area contributed by atoms with Crippen LogP contribution in [-0.2, 0) is 94.9 Å². The summed E-state index contributed by atoms with van der Waals surface area (Å²) in [6, 6.07) is 0. The number of carbonyl (C=O) groups excluding carboxylic acids is 2. The van der Waals surface area contributed by atoms with Crippen LogP contribution in [0.25, 0.3) is 0 Å². The maximum atomic E-state index is 14.3. The van der Waals surface area contributed by atoms with E-state index in [0.717, 1.165) is 25.7 Å². The molecule has 0 aromatic heterocycles. The van der Waals surface area contributed by atoms with E-state index in [-0.39, 0.29) is 112 Å². The van der Waals surface area contributed by atoms with Crippen molar-refractivity contribution in [3.05, 3.63) is 71.9 Å². The number of rotatable bonds is 24. The molecule has 28 nitrogen and oxygen atoms in total. The number of ether oxygens (including phenoxy) is 18. The first-order valence-electron chi connectivity index (χ1n) is 43.6. The van der Waals surface area contributed by atoms with Gasteiger partial charge in [0, 0.05) is 118 Å². The molecular weight excluding hydrogens is 1530 g/mol. The van der Waals surface area contributed by atoms with Crippen molar-refractivity contribution in [1.82, 2.24) is 0 Å². The normalized spacial score (nSPS) is 41.5. The Morgan fingerprint density at radius 2 is 0.763 bits per heavy atom. The molecule has 0 saturated carbocycles. The Morgan fingerprint density at radius 3 is 1.11 bits per heavy atom. The molecule has 8 N–H and O–H groups in total. The fraction of sp³-hybridized carbons (Fsp3) is 0.844. The van der Waals surface area contributed by atoms with Crippen LogP contribution in [0.5, 0.6) is 0 Å². The number of hydrogen-bond donors (Lipinski definition) is 8. The monoisotopic (exact) mass is 1680 g/mol. The largest absolute Gasteiger partial charge is 0.458 e. The Labute approximate surface area is 703 Å². The third-order valence-corrected chi connectivity index (χ3v) is 25.6. The molecule has 0 aliphatic carbocycles. The number of aliphatic hydroxyl groups is 8. The van der Waals surface area contributed by atoms with Crippen LogP contribution >= 0.6 is 0 Å². The van der Waals surface area contributed by atoms with Gasteiger partial charge in [-0.3, -0.25) is 0 Å². The lowest BCUT2D eigenvalue weighted by Gasteiger charge is -2.40. The van der Waals surface area contributed by atoms with Gasteiger partial charge in [0.1, 0.15) is 48.8 Å². The van der Waals surface area contributed by atoms with Crippen LogP contribution in [-0.4, -0.2) is 306 Å². The molecule has 4 fully saturated rings. The van der Waals surface area contributed by atoms with Crippen molar-refractivity contribution in [2.45, 2.75) is 381 Å². The molecule has 28 heteroatoms. The van der Waals surface area contributed by atoms with Crippen molar-refractivity contribution in [2.24, 2.45) is 35.5 Å². The van der Waals surface area contributed by atoms with Gasteiger partial charge < -0.3 is 126 Å². The summed E-state index contributed by atoms with van der Waals surface area (Å²) in [5.41, 5.74) is 1.35. The number of aliphatic hydroxyl groups excluding tert-OH is 8. The van der Waals surface area contributed by atoms with Crippen LogP contribution in [0.2, 0.25) is 0 Å². The highest BCUT2D eigenvalue weighted by Gasteiger charge is 2.46. The molecule has 4 bridgehead atoms. The van der Waals surface area contributed by atoms with Gasteiger partial charge in [0.15, 0.2) is 12.6 Å². The molecule has 0 aromatic carbocycles. The van der Waals surface area contributed by atoms with Crippen LogP contribution in [0.15, 0.2) is 71.9 Å². The number of cyclic esters (lactones) is 2. The first kappa shape index (κ1) is 102. The highest BCUT2D eigenvalue weighted by atomic mass is 16.7. The molecule has 7 rings (SSSR count). The van der Waals surface area contributed by atoms with Gasteiger partial charge in [0.25, 0.3) is 0 Å². The second-order valence-corrected chi connectivity index (χ2v) is 35.0. The number of allylic oxidation sites excluding steroid dienone is 4. The van der Waals surface area contributed by atoms with Crippen molar-refractivity contribution >= 4 is 11.9 Å². The van der Waals surface area contributed by atoms with E-state index in [1.165, 1.54) is 40.6 Å². The fourth-order valence-electron chi connectivity index (χ4n) is 18.3. The van der Waals surface area contributed by atoms with Gasteiger partial charge in [-0.15, -0.1) is 0 Å². The molecule has 0 spiro atoms. The van der Waals surface area contributed by atoms with E-state index >= 15 is 0 Å². The summed E-state index contributed by atoms with van der Waals surface area (Å²) in [7, 11) is 12.5. The third kappa shape index (κ3) is 32.1. The first-order valence-corrected chi connectivity index (χ1v) is 43.6. The summed E-state index contributed by atoms with van der Waals surface area (Å²) in [6.45, 7) is 18.6. The predicted molar refractivity (Wildman–Crippen MR) is 441 cm³/mol. The number of carbonyl (C=O) groups is 2. The summed E-state index contributed by atoms with van der Waals surface area (Å²) in [5, 5.41) is 94.5. The van der Waals surface area contributed by atoms with Crippen LogP contribution in [0, 0.1) is 35.5 Å². The van der Waals surface area contributed by atoms with Crippen molar-refractivity contribution in [3.63, 3.8) is 0 Å². The van der Waals surface area contributed by atoms with Crippen LogP contribution in [0.3, 0.4) is 0 Å². The molecular formula is C90H152O28. The Hall–Kier alpha value is -3.58. The Bertz CT molecular complexity index is 2850. The minimum Gasteiger partial charge on any atom is -0.458 e. The number of fused-ring (bicyclic) bond motifs is 4. The van der Waals surface area contributed by atoms with Gasteiger partial charge in [-0.2, -0.15) is 0 Å². The molecule has 7 aliphatic rings. The first-order chi connectivity index (χ1) is 56.3. The Morgan fingerprint density at radius 1 is 0.407 bits per heavy atom. The second kappa shape index (κ2) is 51.8. The molecule has 680 valence electrons. The van der Waals surface area contributed by atoms with Gasteiger partial charge in [0.05, 0.1) is 135 Å². The zero-order valence-electron chi connectivity index (χ0n) is 73.9. The van der Waals surface area contributed by atoms with Gasteiger partial charge in [-0.1, -0.05) is 101 Å². The average Bonchev–Trinajstić information content (AvgIpc) is 0.831. The SMILES string of the molecule is CO[C@@H]1C[C@@H](O)C[C@@H](O)[C@H](C)[C@@H]([C@@H](C)[C@@H](O)[C@@H](C)CC[C@H]2C[C@H](OC)C[C@H](C)O2)OC(=O)/C=C\C(C)=C\C[C@H](O[C@H]2OC[C@H](O)[C@@H](OC)[C@H]2OC)C[C@@H]2C=CC[C@@H](C[C@H](OC)C[C@@H](O)C[C@@H](O)[C@H](C)[C@@H]([C@@H](C)[C@@H](O)[C@@H](C)CC[C@H]3C[C@H](OC)C[C@H](C)O3)OC(=O)/C=C/C(C)=C/C[C@H](O[C@H]3OC[C@H](O)[C@@H](OC)[C@H]3OC)C[C@@H]3C=CC[C@@H](C1)O3)O2. The Balaban J connectivity index is 1.18. The zero-order valence-corrected chi connectivity index (χ0v) is 73.9. The van der Waals surface area contributed by atoms with Gasteiger partial charge >= 0.3 is 11.9 Å². The topological polar surface area (TPSA) is 362 Å². The highest BCUT2D eigenvalue weighted by Crippen LogP contribution is 2.38. The summed E-state index contributed by atoms with van der Waals surface area (Å²) in [6.07, 6.45) is 6.78. The smallest absolute Gasteiger partial charge is 0.331 e. The summed E-state index contributed by atoms with van der Waals surface area (Å²) < 4.78 is 111. The quantitative estimate of drug-likeness (QED) is 0.0329. The van der Waals surface area contributed by atoms with E-state index in [4.69, 9.17) is 85.3 Å². The van der Waals surface area contributed by atoms with Crippen LogP contribution in [0.1, 0.15) is 198 Å². The lowest BCUT2D eigenvalue weighted by atomic mass is 9.79. The molecule has 0 aromatic rings. The maximum Gasteiger partial charge on any atom is 0.331 e. The van der Waals surface area contributed by atoms with Crippen LogP contribution in [0.4, 0.5) is 0 Å². The minimum absolute atomic E-state index is 0.0202. The molecule has 0 radical (unpaired) electrons. The van der Waals surface area contributed by atoms with Crippen molar-refractivity contribution < 1.29 is 136 Å².